The molecule has 0 unspecified atom stereocenters. The van der Waals surface area contributed by atoms with Crippen LogP contribution in [0.25, 0.3) is 10.2 Å². The minimum atomic E-state index is -0.794. The van der Waals surface area contributed by atoms with Gasteiger partial charge in [-0.1, -0.05) is 0 Å². The number of aliphatic carboxylic acids is 1. The molecular formula is C13H17N3O2S. The van der Waals surface area contributed by atoms with Crippen LogP contribution < -0.4 is 4.90 Å². The van der Waals surface area contributed by atoms with E-state index in [2.05, 4.69) is 16.0 Å². The number of carboxylic acid groups (broad SMARTS) is 1. The van der Waals surface area contributed by atoms with Crippen molar-refractivity contribution < 1.29 is 9.90 Å². The first-order valence-electron chi connectivity index (χ1n) is 6.18. The Morgan fingerprint density at radius 3 is 2.84 bits per heavy atom. The van der Waals surface area contributed by atoms with Crippen LogP contribution in [0.4, 0.5) is 5.82 Å². The van der Waals surface area contributed by atoms with Crippen molar-refractivity contribution in [1.82, 2.24) is 9.97 Å². The first-order chi connectivity index (χ1) is 8.99. The van der Waals surface area contributed by atoms with Gasteiger partial charge in [0.25, 0.3) is 0 Å². The molecule has 2 heterocycles. The van der Waals surface area contributed by atoms with Crippen LogP contribution in [0.2, 0.25) is 0 Å². The van der Waals surface area contributed by atoms with Crippen LogP contribution in [0.15, 0.2) is 12.4 Å². The highest BCUT2D eigenvalue weighted by Crippen LogP contribution is 2.30. The smallest absolute Gasteiger partial charge is 0.305 e. The summed E-state index contributed by atoms with van der Waals surface area (Å²) in [7, 11) is 0. The zero-order valence-corrected chi connectivity index (χ0v) is 12.1. The molecule has 0 atom stereocenters. The Bertz CT molecular complexity index is 595. The number of carbonyl (C=O) groups is 1. The van der Waals surface area contributed by atoms with Gasteiger partial charge in [0.2, 0.25) is 0 Å². The number of aromatic nitrogens is 2. The van der Waals surface area contributed by atoms with E-state index in [0.717, 1.165) is 16.0 Å². The van der Waals surface area contributed by atoms with Gasteiger partial charge in [0.1, 0.15) is 17.0 Å². The van der Waals surface area contributed by atoms with Gasteiger partial charge in [-0.25, -0.2) is 9.97 Å². The predicted octanol–water partition coefficient (Wildman–Crippen LogP) is 2.69. The third-order valence-corrected chi connectivity index (χ3v) is 3.85. The lowest BCUT2D eigenvalue weighted by molar-refractivity contribution is -0.136. The molecule has 0 spiro atoms. The van der Waals surface area contributed by atoms with Crippen LogP contribution >= 0.6 is 11.3 Å². The summed E-state index contributed by atoms with van der Waals surface area (Å²) >= 11 is 1.63. The van der Waals surface area contributed by atoms with Crippen molar-refractivity contribution in [3.8, 4) is 0 Å². The standard InChI is InChI=1S/C13H17N3O2S/c1-8(2)16(5-4-11(17)18)12-10-6-9(3)19-13(10)15-7-14-12/h6-8H,4-5H2,1-3H3,(H,17,18). The predicted molar refractivity (Wildman–Crippen MR) is 76.9 cm³/mol. The van der Waals surface area contributed by atoms with Gasteiger partial charge in [-0.05, 0) is 26.8 Å². The molecule has 1 N–H and O–H groups in total. The molecule has 0 radical (unpaired) electrons. The van der Waals surface area contributed by atoms with E-state index < -0.39 is 5.97 Å². The molecule has 0 saturated carbocycles. The largest absolute Gasteiger partial charge is 0.481 e. The lowest BCUT2D eigenvalue weighted by Gasteiger charge is -2.27. The molecule has 5 nitrogen and oxygen atoms in total. The molecule has 2 aromatic heterocycles. The van der Waals surface area contributed by atoms with Crippen LogP contribution in [0.3, 0.4) is 0 Å². The van der Waals surface area contributed by atoms with E-state index in [-0.39, 0.29) is 12.5 Å². The quantitative estimate of drug-likeness (QED) is 0.911. The second-order valence-corrected chi connectivity index (χ2v) is 5.94. The fourth-order valence-electron chi connectivity index (χ4n) is 2.02. The molecule has 0 aliphatic heterocycles. The summed E-state index contributed by atoms with van der Waals surface area (Å²) in [5.74, 6) is 0.0306. The molecule has 19 heavy (non-hydrogen) atoms. The van der Waals surface area contributed by atoms with Gasteiger partial charge in [-0.3, -0.25) is 4.79 Å². The third kappa shape index (κ3) is 3.01. The Kier molecular flexibility index (Phi) is 3.99. The minimum absolute atomic E-state index is 0.104. The molecule has 0 bridgehead atoms. The zero-order valence-electron chi connectivity index (χ0n) is 11.3. The second-order valence-electron chi connectivity index (χ2n) is 4.70. The summed E-state index contributed by atoms with van der Waals surface area (Å²) in [6.07, 6.45) is 1.65. The average molecular weight is 279 g/mol. The zero-order chi connectivity index (χ0) is 14.0. The van der Waals surface area contributed by atoms with E-state index in [1.807, 2.05) is 25.7 Å². The first kappa shape index (κ1) is 13.7. The summed E-state index contributed by atoms with van der Waals surface area (Å²) in [5, 5.41) is 9.85. The summed E-state index contributed by atoms with van der Waals surface area (Å²) < 4.78 is 0. The monoisotopic (exact) mass is 279 g/mol. The van der Waals surface area contributed by atoms with Crippen molar-refractivity contribution in [2.45, 2.75) is 33.2 Å². The first-order valence-corrected chi connectivity index (χ1v) is 7.00. The summed E-state index contributed by atoms with van der Waals surface area (Å²) in [6, 6.07) is 2.25. The molecule has 0 aromatic carbocycles. The van der Waals surface area contributed by atoms with Crippen molar-refractivity contribution in [1.29, 1.82) is 0 Å². The number of thiophene rings is 1. The number of hydrogen-bond donors (Lipinski definition) is 1. The molecule has 0 amide bonds. The summed E-state index contributed by atoms with van der Waals surface area (Å²) in [5.41, 5.74) is 0. The Morgan fingerprint density at radius 2 is 2.21 bits per heavy atom. The van der Waals surface area contributed by atoms with Crippen molar-refractivity contribution in [2.75, 3.05) is 11.4 Å². The van der Waals surface area contributed by atoms with E-state index in [9.17, 15) is 4.79 Å². The van der Waals surface area contributed by atoms with Gasteiger partial charge >= 0.3 is 5.97 Å². The van der Waals surface area contributed by atoms with Crippen LogP contribution in [0.1, 0.15) is 25.1 Å². The number of hydrogen-bond acceptors (Lipinski definition) is 5. The lowest BCUT2D eigenvalue weighted by atomic mass is 10.2. The fourth-order valence-corrected chi connectivity index (χ4v) is 2.86. The highest BCUT2D eigenvalue weighted by atomic mass is 32.1. The maximum atomic E-state index is 10.8. The summed E-state index contributed by atoms with van der Waals surface area (Å²) in [4.78, 5) is 23.5. The second kappa shape index (κ2) is 5.52. The Balaban J connectivity index is 2.40. The molecule has 0 aliphatic carbocycles. The Morgan fingerprint density at radius 1 is 1.47 bits per heavy atom. The van der Waals surface area contributed by atoms with Gasteiger partial charge in [0.05, 0.1) is 11.8 Å². The number of nitrogens with zero attached hydrogens (tertiary/aromatic N) is 3. The number of aryl methyl sites for hydroxylation is 1. The third-order valence-electron chi connectivity index (χ3n) is 2.89. The topological polar surface area (TPSA) is 66.3 Å². The number of anilines is 1. The van der Waals surface area contributed by atoms with Gasteiger partial charge in [0, 0.05) is 17.5 Å². The fraction of sp³-hybridized carbons (Fsp3) is 0.462. The van der Waals surface area contributed by atoms with E-state index in [0.29, 0.717) is 6.54 Å². The van der Waals surface area contributed by atoms with Gasteiger partial charge < -0.3 is 10.0 Å². The van der Waals surface area contributed by atoms with E-state index in [1.165, 1.54) is 4.88 Å². The van der Waals surface area contributed by atoms with Crippen molar-refractivity contribution >= 4 is 33.3 Å². The van der Waals surface area contributed by atoms with Crippen LogP contribution in [0.5, 0.6) is 0 Å². The maximum absolute atomic E-state index is 10.8. The number of fused-ring (bicyclic) bond motifs is 1. The highest BCUT2D eigenvalue weighted by molar-refractivity contribution is 7.18. The van der Waals surface area contributed by atoms with Crippen LogP contribution in [-0.4, -0.2) is 33.6 Å². The Labute approximate surface area is 115 Å². The normalized spacial score (nSPS) is 11.2. The molecule has 102 valence electrons. The van der Waals surface area contributed by atoms with Gasteiger partial charge in [-0.15, -0.1) is 11.3 Å². The summed E-state index contributed by atoms with van der Waals surface area (Å²) in [6.45, 7) is 6.56. The lowest BCUT2D eigenvalue weighted by Crippen LogP contribution is -2.33. The van der Waals surface area contributed by atoms with E-state index >= 15 is 0 Å². The van der Waals surface area contributed by atoms with Crippen molar-refractivity contribution in [2.24, 2.45) is 0 Å². The van der Waals surface area contributed by atoms with Gasteiger partial charge in [0.15, 0.2) is 0 Å². The van der Waals surface area contributed by atoms with Gasteiger partial charge in [-0.2, -0.15) is 0 Å². The molecule has 0 aliphatic rings. The number of carboxylic acids is 1. The minimum Gasteiger partial charge on any atom is -0.481 e. The SMILES string of the molecule is Cc1cc2c(N(CCC(=O)O)C(C)C)ncnc2s1. The van der Waals surface area contributed by atoms with E-state index in [4.69, 9.17) is 5.11 Å². The van der Waals surface area contributed by atoms with Crippen LogP contribution in [-0.2, 0) is 4.79 Å². The van der Waals surface area contributed by atoms with Crippen molar-refractivity contribution in [3.05, 3.63) is 17.3 Å². The molecule has 2 aromatic rings. The maximum Gasteiger partial charge on any atom is 0.305 e. The average Bonchev–Trinajstić information content (AvgIpc) is 2.69. The van der Waals surface area contributed by atoms with Crippen molar-refractivity contribution in [3.63, 3.8) is 0 Å². The molecule has 0 fully saturated rings. The molecule has 0 saturated heterocycles. The van der Waals surface area contributed by atoms with E-state index in [1.54, 1.807) is 17.7 Å². The number of rotatable bonds is 5. The highest BCUT2D eigenvalue weighted by Gasteiger charge is 2.17. The molecular weight excluding hydrogens is 262 g/mol. The van der Waals surface area contributed by atoms with Crippen LogP contribution in [0, 0.1) is 6.92 Å². The molecule has 6 heteroatoms. The molecule has 2 rings (SSSR count). The Hall–Kier alpha value is -1.69.